The molecule has 94 valence electrons. The van der Waals surface area contributed by atoms with Crippen molar-refractivity contribution < 1.29 is 13.5 Å². The van der Waals surface area contributed by atoms with Crippen LogP contribution in [0.2, 0.25) is 0 Å². The lowest BCUT2D eigenvalue weighted by molar-refractivity contribution is 0.0174. The monoisotopic (exact) mass is 234 g/mol. The largest absolute Gasteiger partial charge is 0.374 e. The second kappa shape index (κ2) is 5.89. The molecule has 3 unspecified atom stereocenters. The van der Waals surface area contributed by atoms with E-state index in [4.69, 9.17) is 4.74 Å². The van der Waals surface area contributed by atoms with Crippen LogP contribution in [-0.4, -0.2) is 56.8 Å². The molecule has 3 nitrogen and oxygen atoms in total. The van der Waals surface area contributed by atoms with E-state index >= 15 is 0 Å². The normalized spacial score (nSPS) is 33.6. The predicted molar refractivity (Wildman–Crippen MR) is 57.8 cm³/mol. The molecular formula is C11H20F2N2O. The molecular weight excluding hydrogens is 214 g/mol. The lowest BCUT2D eigenvalue weighted by Crippen LogP contribution is -2.44. The minimum absolute atomic E-state index is 0.386. The summed E-state index contributed by atoms with van der Waals surface area (Å²) in [6.07, 6.45) is 0.104. The second-order valence-electron chi connectivity index (χ2n) is 4.66. The van der Waals surface area contributed by atoms with Crippen molar-refractivity contribution in [3.63, 3.8) is 0 Å². The molecule has 2 rings (SSSR count). The highest BCUT2D eigenvalue weighted by Gasteiger charge is 2.33. The van der Waals surface area contributed by atoms with Gasteiger partial charge in [0.05, 0.1) is 6.61 Å². The molecule has 2 fully saturated rings. The van der Waals surface area contributed by atoms with Crippen molar-refractivity contribution in [1.82, 2.24) is 10.2 Å². The maximum absolute atomic E-state index is 11.8. The highest BCUT2D eigenvalue weighted by Crippen LogP contribution is 2.26. The van der Waals surface area contributed by atoms with E-state index in [0.717, 1.165) is 5.92 Å². The fourth-order valence-corrected chi connectivity index (χ4v) is 2.71. The lowest BCUT2D eigenvalue weighted by Gasteiger charge is -2.31. The highest BCUT2D eigenvalue weighted by molar-refractivity contribution is 4.90. The molecule has 2 aliphatic heterocycles. The Labute approximate surface area is 95.1 Å². The summed E-state index contributed by atoms with van der Waals surface area (Å²) in [4.78, 5) is 2.50. The van der Waals surface area contributed by atoms with Crippen molar-refractivity contribution in [2.75, 3.05) is 39.4 Å². The Kier molecular flexibility index (Phi) is 4.49. The van der Waals surface area contributed by atoms with Gasteiger partial charge in [0, 0.05) is 19.1 Å². The van der Waals surface area contributed by atoms with E-state index in [0.29, 0.717) is 19.2 Å². The van der Waals surface area contributed by atoms with Gasteiger partial charge in [-0.15, -0.1) is 0 Å². The Morgan fingerprint density at radius 1 is 1.31 bits per heavy atom. The van der Waals surface area contributed by atoms with Gasteiger partial charge in [0.1, 0.15) is 6.61 Å². The van der Waals surface area contributed by atoms with Gasteiger partial charge < -0.3 is 15.0 Å². The van der Waals surface area contributed by atoms with Gasteiger partial charge in [-0.05, 0) is 31.8 Å². The average molecular weight is 234 g/mol. The molecule has 0 radical (unpaired) electrons. The van der Waals surface area contributed by atoms with E-state index in [1.165, 1.54) is 32.5 Å². The SMILES string of the molecule is FC(F)COCCNC1CCN2CCC1C2. The first-order valence-electron chi connectivity index (χ1n) is 6.07. The van der Waals surface area contributed by atoms with Crippen molar-refractivity contribution >= 4 is 0 Å². The summed E-state index contributed by atoms with van der Waals surface area (Å²) >= 11 is 0. The summed E-state index contributed by atoms with van der Waals surface area (Å²) in [6, 6.07) is 0.564. The van der Waals surface area contributed by atoms with Crippen LogP contribution in [0.5, 0.6) is 0 Å². The molecule has 16 heavy (non-hydrogen) atoms. The van der Waals surface area contributed by atoms with E-state index < -0.39 is 13.0 Å². The Morgan fingerprint density at radius 3 is 2.94 bits per heavy atom. The van der Waals surface area contributed by atoms with Crippen molar-refractivity contribution in [3.05, 3.63) is 0 Å². The fraction of sp³-hybridized carbons (Fsp3) is 1.00. The molecule has 1 N–H and O–H groups in total. The third-order valence-electron chi connectivity index (χ3n) is 3.53. The molecule has 0 aromatic carbocycles. The first-order chi connectivity index (χ1) is 7.75. The van der Waals surface area contributed by atoms with Gasteiger partial charge in [0.2, 0.25) is 0 Å². The molecule has 2 saturated heterocycles. The van der Waals surface area contributed by atoms with Crippen LogP contribution in [0.1, 0.15) is 12.8 Å². The van der Waals surface area contributed by atoms with E-state index in [2.05, 4.69) is 10.2 Å². The Balaban J connectivity index is 1.56. The smallest absolute Gasteiger partial charge is 0.261 e. The number of ether oxygens (including phenoxy) is 1. The van der Waals surface area contributed by atoms with E-state index in [9.17, 15) is 8.78 Å². The summed E-state index contributed by atoms with van der Waals surface area (Å²) in [6.45, 7) is 4.24. The number of alkyl halides is 2. The van der Waals surface area contributed by atoms with Crippen LogP contribution < -0.4 is 5.32 Å². The summed E-state index contributed by atoms with van der Waals surface area (Å²) in [5.74, 6) is 0.754. The van der Waals surface area contributed by atoms with Gasteiger partial charge in [0.25, 0.3) is 6.43 Å². The molecule has 0 saturated carbocycles. The van der Waals surface area contributed by atoms with Crippen molar-refractivity contribution in [1.29, 1.82) is 0 Å². The van der Waals surface area contributed by atoms with Gasteiger partial charge in [-0.3, -0.25) is 0 Å². The summed E-state index contributed by atoms with van der Waals surface area (Å²) < 4.78 is 28.4. The predicted octanol–water partition coefficient (Wildman–Crippen LogP) is 0.952. The number of rotatable bonds is 6. The quantitative estimate of drug-likeness (QED) is 0.693. The van der Waals surface area contributed by atoms with Crippen molar-refractivity contribution in [3.8, 4) is 0 Å². The number of piperidine rings is 1. The molecule has 2 aliphatic rings. The number of fused-ring (bicyclic) bond motifs is 2. The summed E-state index contributed by atoms with van der Waals surface area (Å²) in [5, 5.41) is 3.43. The number of hydrogen-bond acceptors (Lipinski definition) is 3. The molecule has 3 atom stereocenters. The molecule has 0 spiro atoms. The number of halogens is 2. The molecule has 0 aliphatic carbocycles. The van der Waals surface area contributed by atoms with E-state index in [1.807, 2.05) is 0 Å². The zero-order valence-electron chi connectivity index (χ0n) is 9.50. The maximum atomic E-state index is 11.8. The summed E-state index contributed by atoms with van der Waals surface area (Å²) in [5.41, 5.74) is 0. The Hall–Kier alpha value is -0.260. The third-order valence-corrected chi connectivity index (χ3v) is 3.53. The standard InChI is InChI=1S/C11H20F2N2O/c12-11(13)8-16-6-3-14-10-2-5-15-4-1-9(10)7-15/h9-11,14H,1-8H2. The van der Waals surface area contributed by atoms with E-state index in [1.54, 1.807) is 0 Å². The zero-order chi connectivity index (χ0) is 11.4. The van der Waals surface area contributed by atoms with Crippen molar-refractivity contribution in [2.24, 2.45) is 5.92 Å². The van der Waals surface area contributed by atoms with Crippen LogP contribution in [0.15, 0.2) is 0 Å². The number of nitrogens with zero attached hydrogens (tertiary/aromatic N) is 1. The molecule has 2 heterocycles. The Bertz CT molecular complexity index is 216. The number of hydrogen-bond donors (Lipinski definition) is 1. The minimum atomic E-state index is -2.35. The lowest BCUT2D eigenvalue weighted by atomic mass is 9.94. The first-order valence-corrected chi connectivity index (χ1v) is 6.07. The van der Waals surface area contributed by atoms with Crippen LogP contribution in [0.3, 0.4) is 0 Å². The van der Waals surface area contributed by atoms with Crippen LogP contribution >= 0.6 is 0 Å². The van der Waals surface area contributed by atoms with Crippen LogP contribution in [0, 0.1) is 5.92 Å². The van der Waals surface area contributed by atoms with Gasteiger partial charge in [0.15, 0.2) is 0 Å². The topological polar surface area (TPSA) is 24.5 Å². The minimum Gasteiger partial charge on any atom is -0.374 e. The first kappa shape index (κ1) is 12.2. The number of nitrogens with one attached hydrogen (secondary N) is 1. The summed E-state index contributed by atoms with van der Waals surface area (Å²) in [7, 11) is 0. The van der Waals surface area contributed by atoms with Crippen LogP contribution in [0.4, 0.5) is 8.78 Å². The molecule has 0 amide bonds. The van der Waals surface area contributed by atoms with Gasteiger partial charge in [-0.2, -0.15) is 0 Å². The third kappa shape index (κ3) is 3.37. The van der Waals surface area contributed by atoms with E-state index in [-0.39, 0.29) is 0 Å². The fourth-order valence-electron chi connectivity index (χ4n) is 2.71. The second-order valence-corrected chi connectivity index (χ2v) is 4.66. The molecule has 0 aromatic rings. The average Bonchev–Trinajstić information content (AvgIpc) is 2.63. The van der Waals surface area contributed by atoms with Crippen LogP contribution in [0.25, 0.3) is 0 Å². The molecule has 0 aromatic heterocycles. The zero-order valence-corrected chi connectivity index (χ0v) is 9.50. The Morgan fingerprint density at radius 2 is 2.12 bits per heavy atom. The van der Waals surface area contributed by atoms with Gasteiger partial charge >= 0.3 is 0 Å². The molecule has 5 heteroatoms. The highest BCUT2D eigenvalue weighted by atomic mass is 19.3. The van der Waals surface area contributed by atoms with Gasteiger partial charge in [-0.1, -0.05) is 0 Å². The molecule has 2 bridgehead atoms. The van der Waals surface area contributed by atoms with Crippen LogP contribution in [-0.2, 0) is 4.74 Å². The maximum Gasteiger partial charge on any atom is 0.261 e. The van der Waals surface area contributed by atoms with Gasteiger partial charge in [-0.25, -0.2) is 8.78 Å². The van der Waals surface area contributed by atoms with Crippen molar-refractivity contribution in [2.45, 2.75) is 25.3 Å².